The van der Waals surface area contributed by atoms with Gasteiger partial charge in [-0.25, -0.2) is 9.37 Å². The van der Waals surface area contributed by atoms with Crippen molar-refractivity contribution in [3.8, 4) is 11.3 Å². The van der Waals surface area contributed by atoms with Crippen molar-refractivity contribution >= 4 is 28.3 Å². The Morgan fingerprint density at radius 3 is 2.65 bits per heavy atom. The van der Waals surface area contributed by atoms with Gasteiger partial charge in [0.1, 0.15) is 12.4 Å². The van der Waals surface area contributed by atoms with Crippen molar-refractivity contribution in [2.75, 3.05) is 5.32 Å². The Labute approximate surface area is 137 Å². The summed E-state index contributed by atoms with van der Waals surface area (Å²) in [6.07, 6.45) is 0.687. The second kappa shape index (κ2) is 7.32. The summed E-state index contributed by atoms with van der Waals surface area (Å²) in [5, 5.41) is 2.99. The van der Waals surface area contributed by atoms with Gasteiger partial charge < -0.3 is 10.1 Å². The summed E-state index contributed by atoms with van der Waals surface area (Å²) < 4.78 is 18.8. The van der Waals surface area contributed by atoms with E-state index in [0.717, 1.165) is 5.56 Å². The molecule has 0 atom stereocenters. The fraction of sp³-hybridized carbons (Fsp3) is 0.312. The van der Waals surface area contributed by atoms with Gasteiger partial charge in [-0.1, -0.05) is 18.3 Å². The van der Waals surface area contributed by atoms with Gasteiger partial charge in [0.15, 0.2) is 5.13 Å². The van der Waals surface area contributed by atoms with E-state index >= 15 is 0 Å². The van der Waals surface area contributed by atoms with Crippen LogP contribution in [0.1, 0.15) is 31.2 Å². The minimum absolute atomic E-state index is 0.0277. The van der Waals surface area contributed by atoms with Gasteiger partial charge in [0, 0.05) is 19.4 Å². The molecule has 0 spiro atoms. The number of carbonyl (C=O) groups excluding carboxylic acids is 2. The highest BCUT2D eigenvalue weighted by molar-refractivity contribution is 7.16. The van der Waals surface area contributed by atoms with E-state index in [4.69, 9.17) is 4.74 Å². The van der Waals surface area contributed by atoms with Crippen LogP contribution in [0.25, 0.3) is 11.3 Å². The highest BCUT2D eigenvalue weighted by Crippen LogP contribution is 2.33. The van der Waals surface area contributed by atoms with Crippen molar-refractivity contribution in [2.24, 2.45) is 0 Å². The molecule has 0 fully saturated rings. The molecule has 0 aliphatic heterocycles. The third-order valence-electron chi connectivity index (χ3n) is 3.03. The summed E-state index contributed by atoms with van der Waals surface area (Å²) in [7, 11) is 0. The normalized spacial score (nSPS) is 10.4. The van der Waals surface area contributed by atoms with Crippen LogP contribution in [0.3, 0.4) is 0 Å². The first kappa shape index (κ1) is 17.1. The maximum atomic E-state index is 13.8. The summed E-state index contributed by atoms with van der Waals surface area (Å²) in [5.74, 6) is -1.02. The molecule has 1 aromatic carbocycles. The van der Waals surface area contributed by atoms with E-state index in [1.165, 1.54) is 37.3 Å². The van der Waals surface area contributed by atoms with E-state index in [9.17, 15) is 14.0 Å². The molecule has 1 aromatic heterocycles. The molecule has 122 valence electrons. The SMILES string of the molecule is CCc1cc(F)cc(-c2nc(NC(C)=O)sc2COC(C)=O)c1. The Bertz CT molecular complexity index is 743. The van der Waals surface area contributed by atoms with Crippen LogP contribution in [-0.4, -0.2) is 16.9 Å². The zero-order valence-electron chi connectivity index (χ0n) is 13.1. The number of benzene rings is 1. The summed E-state index contributed by atoms with van der Waals surface area (Å²) >= 11 is 1.20. The number of hydrogen-bond donors (Lipinski definition) is 1. The first-order valence-electron chi connectivity index (χ1n) is 7.09. The topological polar surface area (TPSA) is 68.3 Å². The number of aromatic nitrogens is 1. The van der Waals surface area contributed by atoms with Crippen molar-refractivity contribution in [2.45, 2.75) is 33.8 Å². The maximum absolute atomic E-state index is 13.8. The average molecular weight is 336 g/mol. The van der Waals surface area contributed by atoms with Crippen LogP contribution >= 0.6 is 11.3 Å². The van der Waals surface area contributed by atoms with Gasteiger partial charge in [0.05, 0.1) is 10.6 Å². The fourth-order valence-electron chi connectivity index (χ4n) is 2.04. The van der Waals surface area contributed by atoms with Crippen molar-refractivity contribution < 1.29 is 18.7 Å². The predicted molar refractivity (Wildman–Crippen MR) is 86.7 cm³/mol. The average Bonchev–Trinajstić information content (AvgIpc) is 2.86. The molecule has 0 unspecified atom stereocenters. The molecule has 0 radical (unpaired) electrons. The first-order chi connectivity index (χ1) is 10.9. The largest absolute Gasteiger partial charge is 0.460 e. The maximum Gasteiger partial charge on any atom is 0.302 e. The molecule has 5 nitrogen and oxygen atoms in total. The van der Waals surface area contributed by atoms with E-state index in [2.05, 4.69) is 10.3 Å². The monoisotopic (exact) mass is 336 g/mol. The van der Waals surface area contributed by atoms with Gasteiger partial charge in [0.2, 0.25) is 5.91 Å². The molecular weight excluding hydrogens is 319 g/mol. The number of amides is 1. The van der Waals surface area contributed by atoms with Crippen molar-refractivity contribution in [1.29, 1.82) is 0 Å². The van der Waals surface area contributed by atoms with Gasteiger partial charge in [-0.05, 0) is 30.2 Å². The molecule has 0 aliphatic carbocycles. The second-order valence-corrected chi connectivity index (χ2v) is 6.04. The lowest BCUT2D eigenvalue weighted by Gasteiger charge is -2.05. The van der Waals surface area contributed by atoms with Crippen LogP contribution in [-0.2, 0) is 27.4 Å². The first-order valence-corrected chi connectivity index (χ1v) is 7.91. The molecule has 2 rings (SSSR count). The molecule has 0 bridgehead atoms. The number of nitrogens with one attached hydrogen (secondary N) is 1. The summed E-state index contributed by atoms with van der Waals surface area (Å²) in [6, 6.07) is 4.69. The molecule has 7 heteroatoms. The van der Waals surface area contributed by atoms with E-state index in [1.54, 1.807) is 0 Å². The van der Waals surface area contributed by atoms with E-state index in [-0.39, 0.29) is 18.3 Å². The molecular formula is C16H17FN2O3S. The number of hydrogen-bond acceptors (Lipinski definition) is 5. The van der Waals surface area contributed by atoms with Crippen molar-refractivity contribution in [1.82, 2.24) is 4.98 Å². The third kappa shape index (κ3) is 4.59. The number of anilines is 1. The van der Waals surface area contributed by atoms with Crippen LogP contribution in [0.5, 0.6) is 0 Å². The van der Waals surface area contributed by atoms with Crippen LogP contribution in [0, 0.1) is 5.82 Å². The zero-order valence-corrected chi connectivity index (χ0v) is 13.9. The van der Waals surface area contributed by atoms with Gasteiger partial charge >= 0.3 is 5.97 Å². The van der Waals surface area contributed by atoms with Gasteiger partial charge in [-0.3, -0.25) is 9.59 Å². The summed E-state index contributed by atoms with van der Waals surface area (Å²) in [5.41, 5.74) is 1.94. The quantitative estimate of drug-likeness (QED) is 0.848. The van der Waals surface area contributed by atoms with Crippen LogP contribution in [0.4, 0.5) is 9.52 Å². The molecule has 0 saturated heterocycles. The van der Waals surface area contributed by atoms with E-state index in [1.807, 2.05) is 13.0 Å². The molecule has 2 aromatic rings. The summed E-state index contributed by atoms with van der Waals surface area (Å²) in [6.45, 7) is 4.65. The van der Waals surface area contributed by atoms with Crippen molar-refractivity contribution in [3.05, 3.63) is 34.5 Å². The minimum atomic E-state index is -0.418. The van der Waals surface area contributed by atoms with E-state index in [0.29, 0.717) is 27.7 Å². The van der Waals surface area contributed by atoms with E-state index < -0.39 is 5.97 Å². The molecule has 0 saturated carbocycles. The lowest BCUT2D eigenvalue weighted by atomic mass is 10.1. The summed E-state index contributed by atoms with van der Waals surface area (Å²) in [4.78, 5) is 27.2. The molecule has 1 N–H and O–H groups in total. The number of halogens is 1. The fourth-order valence-corrected chi connectivity index (χ4v) is 2.98. The van der Waals surface area contributed by atoms with Crippen LogP contribution < -0.4 is 5.32 Å². The predicted octanol–water partition coefficient (Wildman–Crippen LogP) is 3.53. The number of aryl methyl sites for hydroxylation is 1. The second-order valence-electron chi connectivity index (χ2n) is 4.95. The smallest absolute Gasteiger partial charge is 0.302 e. The standard InChI is InChI=1S/C16H17FN2O3S/c1-4-11-5-12(7-13(17)6-11)15-14(8-22-10(3)21)23-16(19-15)18-9(2)20/h5-7H,4,8H2,1-3H3,(H,18,19,20). The number of carbonyl (C=O) groups is 2. The third-order valence-corrected chi connectivity index (χ3v) is 3.97. The zero-order chi connectivity index (χ0) is 17.0. The van der Waals surface area contributed by atoms with Crippen LogP contribution in [0.15, 0.2) is 18.2 Å². The number of nitrogens with zero attached hydrogens (tertiary/aromatic N) is 1. The number of rotatable bonds is 5. The van der Waals surface area contributed by atoms with Gasteiger partial charge in [-0.2, -0.15) is 0 Å². The Morgan fingerprint density at radius 1 is 1.30 bits per heavy atom. The Kier molecular flexibility index (Phi) is 5.44. The highest BCUT2D eigenvalue weighted by atomic mass is 32.1. The number of esters is 1. The number of ether oxygens (including phenoxy) is 1. The molecule has 0 aliphatic rings. The lowest BCUT2D eigenvalue weighted by molar-refractivity contribution is -0.142. The lowest BCUT2D eigenvalue weighted by Crippen LogP contribution is -2.04. The molecule has 1 amide bonds. The Hall–Kier alpha value is -2.28. The Morgan fingerprint density at radius 2 is 2.04 bits per heavy atom. The van der Waals surface area contributed by atoms with Gasteiger partial charge in [-0.15, -0.1) is 0 Å². The van der Waals surface area contributed by atoms with Gasteiger partial charge in [0.25, 0.3) is 0 Å². The highest BCUT2D eigenvalue weighted by Gasteiger charge is 2.16. The van der Waals surface area contributed by atoms with Crippen molar-refractivity contribution in [3.63, 3.8) is 0 Å². The number of thiazole rings is 1. The Balaban J connectivity index is 2.45. The molecule has 1 heterocycles. The molecule has 23 heavy (non-hydrogen) atoms. The minimum Gasteiger partial charge on any atom is -0.460 e. The van der Waals surface area contributed by atoms with Crippen LogP contribution in [0.2, 0.25) is 0 Å².